The van der Waals surface area contributed by atoms with Gasteiger partial charge < -0.3 is 4.90 Å². The summed E-state index contributed by atoms with van der Waals surface area (Å²) < 4.78 is 28.0. The van der Waals surface area contributed by atoms with E-state index >= 15 is 0 Å². The Balaban J connectivity index is 1.65. The largest absolute Gasteiger partial charge is 0.339 e. The normalized spacial score (nSPS) is 13.6. The van der Waals surface area contributed by atoms with Crippen molar-refractivity contribution in [1.82, 2.24) is 0 Å². The fourth-order valence-electron chi connectivity index (χ4n) is 3.61. The van der Waals surface area contributed by atoms with Crippen LogP contribution in [0.2, 0.25) is 0 Å². The first-order valence-electron chi connectivity index (χ1n) is 9.40. The fourth-order valence-corrected chi connectivity index (χ4v) is 4.66. The molecule has 29 heavy (non-hydrogen) atoms. The van der Waals surface area contributed by atoms with Crippen LogP contribution < -0.4 is 9.62 Å². The highest BCUT2D eigenvalue weighted by Gasteiger charge is 2.22. The molecule has 0 atom stereocenters. The lowest BCUT2D eigenvalue weighted by Crippen LogP contribution is -2.24. The SMILES string of the molecule is Cc1ccc(S(=O)(=O)Nc2ccc3c(c2)CCCN3c2ccccc2N=O)cc1. The van der Waals surface area contributed by atoms with Crippen LogP contribution in [0.4, 0.5) is 22.7 Å². The maximum atomic E-state index is 12.7. The molecule has 1 aliphatic rings. The highest BCUT2D eigenvalue weighted by Crippen LogP contribution is 2.39. The first-order valence-corrected chi connectivity index (χ1v) is 10.9. The number of benzene rings is 3. The molecular formula is C22H21N3O3S. The number of nitrogens with one attached hydrogen (secondary N) is 1. The van der Waals surface area contributed by atoms with Crippen molar-refractivity contribution in [2.24, 2.45) is 5.18 Å². The molecule has 1 N–H and O–H groups in total. The minimum atomic E-state index is -3.65. The number of nitroso groups, excluding NO2 is 1. The molecule has 6 nitrogen and oxygen atoms in total. The van der Waals surface area contributed by atoms with Gasteiger partial charge in [-0.15, -0.1) is 4.91 Å². The second kappa shape index (κ2) is 7.67. The van der Waals surface area contributed by atoms with Crippen LogP contribution in [0, 0.1) is 11.8 Å². The number of rotatable bonds is 5. The number of hydrogen-bond acceptors (Lipinski definition) is 5. The summed E-state index contributed by atoms with van der Waals surface area (Å²) >= 11 is 0. The summed E-state index contributed by atoms with van der Waals surface area (Å²) in [5.74, 6) is 0. The molecule has 1 heterocycles. The smallest absolute Gasteiger partial charge is 0.261 e. The fraction of sp³-hybridized carbons (Fsp3) is 0.182. The predicted octanol–water partition coefficient (Wildman–Crippen LogP) is 5.28. The lowest BCUT2D eigenvalue weighted by molar-refractivity contribution is 0.601. The Morgan fingerprint density at radius 3 is 2.48 bits per heavy atom. The monoisotopic (exact) mass is 407 g/mol. The quantitative estimate of drug-likeness (QED) is 0.584. The third kappa shape index (κ3) is 3.86. The standard InChI is InChI=1S/C22H21N3O3S/c1-16-8-11-19(12-9-16)29(27,28)24-18-10-13-21-17(15-18)5-4-14-25(21)22-7-3-2-6-20(22)23-26/h2-3,6-13,15,24H,4-5,14H2,1H3. The first-order chi connectivity index (χ1) is 14.0. The van der Waals surface area contributed by atoms with E-state index in [9.17, 15) is 13.3 Å². The van der Waals surface area contributed by atoms with Crippen LogP contribution >= 0.6 is 0 Å². The zero-order valence-electron chi connectivity index (χ0n) is 16.0. The number of para-hydroxylation sites is 1. The number of nitrogens with zero attached hydrogens (tertiary/aromatic N) is 2. The van der Waals surface area contributed by atoms with Gasteiger partial charge in [0.15, 0.2) is 0 Å². The van der Waals surface area contributed by atoms with E-state index in [4.69, 9.17) is 0 Å². The van der Waals surface area contributed by atoms with Crippen molar-refractivity contribution < 1.29 is 8.42 Å². The van der Waals surface area contributed by atoms with E-state index in [0.29, 0.717) is 11.4 Å². The van der Waals surface area contributed by atoms with Crippen LogP contribution in [-0.2, 0) is 16.4 Å². The summed E-state index contributed by atoms with van der Waals surface area (Å²) in [5.41, 5.74) is 4.67. The molecule has 0 aromatic heterocycles. The van der Waals surface area contributed by atoms with E-state index in [1.54, 1.807) is 42.5 Å². The van der Waals surface area contributed by atoms with E-state index in [1.165, 1.54) is 0 Å². The predicted molar refractivity (Wildman–Crippen MR) is 116 cm³/mol. The van der Waals surface area contributed by atoms with Crippen LogP contribution in [-0.4, -0.2) is 15.0 Å². The molecule has 3 aromatic rings. The van der Waals surface area contributed by atoms with Gasteiger partial charge in [-0.2, -0.15) is 0 Å². The molecule has 7 heteroatoms. The number of hydrogen-bond donors (Lipinski definition) is 1. The van der Waals surface area contributed by atoms with Crippen LogP contribution in [0.3, 0.4) is 0 Å². The van der Waals surface area contributed by atoms with Gasteiger partial charge in [-0.25, -0.2) is 8.42 Å². The molecule has 0 amide bonds. The van der Waals surface area contributed by atoms with Crippen molar-refractivity contribution in [3.8, 4) is 0 Å². The Hall–Kier alpha value is -3.19. The molecule has 0 bridgehead atoms. The second-order valence-corrected chi connectivity index (χ2v) is 8.78. The number of fused-ring (bicyclic) bond motifs is 1. The average molecular weight is 407 g/mol. The van der Waals surface area contributed by atoms with Crippen molar-refractivity contribution in [3.05, 3.63) is 82.8 Å². The van der Waals surface area contributed by atoms with Crippen molar-refractivity contribution >= 4 is 32.8 Å². The summed E-state index contributed by atoms with van der Waals surface area (Å²) in [6, 6.07) is 19.5. The van der Waals surface area contributed by atoms with Gasteiger partial charge in [0.2, 0.25) is 0 Å². The van der Waals surface area contributed by atoms with Crippen molar-refractivity contribution in [1.29, 1.82) is 0 Å². The van der Waals surface area contributed by atoms with E-state index < -0.39 is 10.0 Å². The van der Waals surface area contributed by atoms with Crippen molar-refractivity contribution in [2.75, 3.05) is 16.2 Å². The van der Waals surface area contributed by atoms with Gasteiger partial charge in [0.05, 0.1) is 10.6 Å². The topological polar surface area (TPSA) is 78.8 Å². The maximum Gasteiger partial charge on any atom is 0.261 e. The molecule has 148 valence electrons. The average Bonchev–Trinajstić information content (AvgIpc) is 2.73. The Morgan fingerprint density at radius 1 is 0.966 bits per heavy atom. The van der Waals surface area contributed by atoms with Crippen LogP contribution in [0.5, 0.6) is 0 Å². The van der Waals surface area contributed by atoms with Gasteiger partial charge in [0, 0.05) is 17.9 Å². The molecule has 0 aliphatic carbocycles. The lowest BCUT2D eigenvalue weighted by Gasteiger charge is -2.32. The molecule has 0 unspecified atom stereocenters. The van der Waals surface area contributed by atoms with Gasteiger partial charge >= 0.3 is 0 Å². The van der Waals surface area contributed by atoms with Crippen molar-refractivity contribution in [3.63, 3.8) is 0 Å². The van der Waals surface area contributed by atoms with Crippen LogP contribution in [0.25, 0.3) is 0 Å². The van der Waals surface area contributed by atoms with E-state index in [0.717, 1.165) is 41.9 Å². The molecule has 1 aliphatic heterocycles. The summed E-state index contributed by atoms with van der Waals surface area (Å²) in [7, 11) is -3.65. The van der Waals surface area contributed by atoms with Gasteiger partial charge in [-0.05, 0) is 73.0 Å². The highest BCUT2D eigenvalue weighted by molar-refractivity contribution is 7.92. The number of aryl methyl sites for hydroxylation is 2. The zero-order valence-corrected chi connectivity index (χ0v) is 16.8. The van der Waals surface area contributed by atoms with Gasteiger partial charge in [0.25, 0.3) is 10.0 Å². The molecule has 4 rings (SSSR count). The van der Waals surface area contributed by atoms with Gasteiger partial charge in [-0.3, -0.25) is 4.72 Å². The van der Waals surface area contributed by atoms with E-state index in [-0.39, 0.29) is 4.90 Å². The van der Waals surface area contributed by atoms with E-state index in [1.807, 2.05) is 31.2 Å². The lowest BCUT2D eigenvalue weighted by atomic mass is 10.00. The Bertz CT molecular complexity index is 1160. The minimum absolute atomic E-state index is 0.230. The minimum Gasteiger partial charge on any atom is -0.339 e. The number of anilines is 3. The van der Waals surface area contributed by atoms with Gasteiger partial charge in [0.1, 0.15) is 5.69 Å². The van der Waals surface area contributed by atoms with Crippen molar-refractivity contribution in [2.45, 2.75) is 24.7 Å². The molecular weight excluding hydrogens is 386 g/mol. The van der Waals surface area contributed by atoms with Crippen LogP contribution in [0.15, 0.2) is 76.8 Å². The van der Waals surface area contributed by atoms with Gasteiger partial charge in [-0.1, -0.05) is 29.8 Å². The second-order valence-electron chi connectivity index (χ2n) is 7.10. The molecule has 0 fully saturated rings. The summed E-state index contributed by atoms with van der Waals surface area (Å²) in [6.07, 6.45) is 1.73. The Morgan fingerprint density at radius 2 is 1.72 bits per heavy atom. The Kier molecular flexibility index (Phi) is 5.07. The highest BCUT2D eigenvalue weighted by atomic mass is 32.2. The third-order valence-electron chi connectivity index (χ3n) is 5.05. The number of sulfonamides is 1. The third-order valence-corrected chi connectivity index (χ3v) is 6.45. The summed E-state index contributed by atoms with van der Waals surface area (Å²) in [6.45, 7) is 2.69. The molecule has 0 radical (unpaired) electrons. The summed E-state index contributed by atoms with van der Waals surface area (Å²) in [5, 5.41) is 3.14. The molecule has 0 saturated carbocycles. The Labute approximate surface area is 170 Å². The molecule has 0 saturated heterocycles. The van der Waals surface area contributed by atoms with E-state index in [2.05, 4.69) is 14.8 Å². The zero-order chi connectivity index (χ0) is 20.4. The molecule has 0 spiro atoms. The molecule has 3 aromatic carbocycles. The first kappa shape index (κ1) is 19.1. The summed E-state index contributed by atoms with van der Waals surface area (Å²) in [4.78, 5) is 13.5. The van der Waals surface area contributed by atoms with Crippen LogP contribution in [0.1, 0.15) is 17.5 Å². The maximum absolute atomic E-state index is 12.7.